The first-order valence-corrected chi connectivity index (χ1v) is 8.73. The van der Waals surface area contributed by atoms with Crippen molar-refractivity contribution in [2.24, 2.45) is 11.0 Å². The summed E-state index contributed by atoms with van der Waals surface area (Å²) in [6.45, 7) is -2.88. The van der Waals surface area contributed by atoms with Crippen LogP contribution in [0.1, 0.15) is 18.4 Å². The number of hydrazone groups is 1. The number of hydrogen-bond acceptors (Lipinski definition) is 5. The van der Waals surface area contributed by atoms with Crippen LogP contribution in [0.2, 0.25) is 0 Å². The highest BCUT2D eigenvalue weighted by Gasteiger charge is 2.29. The molecule has 2 rings (SSSR count). The normalized spacial score (nSPS) is 20.0. The van der Waals surface area contributed by atoms with E-state index in [1.807, 2.05) is 0 Å². The molecule has 0 aromatic heterocycles. The van der Waals surface area contributed by atoms with E-state index in [1.165, 1.54) is 30.5 Å². The van der Waals surface area contributed by atoms with E-state index in [1.54, 1.807) is 0 Å². The van der Waals surface area contributed by atoms with Crippen molar-refractivity contribution >= 4 is 22.0 Å². The average Bonchev–Trinajstić information content (AvgIpc) is 2.79. The van der Waals surface area contributed by atoms with Gasteiger partial charge in [0.2, 0.25) is 5.91 Å². The Morgan fingerprint density at radius 3 is 2.65 bits per heavy atom. The Morgan fingerprint density at radius 2 is 2.09 bits per heavy atom. The van der Waals surface area contributed by atoms with Crippen LogP contribution in [0.5, 0.6) is 5.75 Å². The summed E-state index contributed by atoms with van der Waals surface area (Å²) in [6, 6.07) is 5.74. The topological polar surface area (TPSA) is 84.8 Å². The number of amides is 1. The Bertz CT molecular complexity index is 675. The number of carbonyl (C=O) groups excluding carboxylic acids is 1. The molecular formula is C14H16F2N2O4S. The molecule has 1 N–H and O–H groups in total. The molecule has 0 aliphatic carbocycles. The van der Waals surface area contributed by atoms with E-state index in [9.17, 15) is 22.0 Å². The third kappa shape index (κ3) is 5.93. The Kier molecular flexibility index (Phi) is 5.64. The van der Waals surface area contributed by atoms with Crippen molar-refractivity contribution in [3.63, 3.8) is 0 Å². The smallest absolute Gasteiger partial charge is 0.387 e. The standard InChI is InChI=1S/C14H16F2N2O4S/c15-14(16)22-12-3-1-10(2-4-12)8-17-18-13(19)7-11-5-6-23(20,21)9-11/h1-4,8,11,14H,5-7,9H2,(H,18,19)/b17-8-/t11-/m0/s1. The first-order chi connectivity index (χ1) is 10.8. The number of benzene rings is 1. The number of halogens is 2. The molecule has 23 heavy (non-hydrogen) atoms. The lowest BCUT2D eigenvalue weighted by atomic mass is 10.1. The largest absolute Gasteiger partial charge is 0.435 e. The van der Waals surface area contributed by atoms with E-state index in [2.05, 4.69) is 15.3 Å². The van der Waals surface area contributed by atoms with Gasteiger partial charge in [0.1, 0.15) is 5.75 Å². The van der Waals surface area contributed by atoms with E-state index in [4.69, 9.17) is 0 Å². The van der Waals surface area contributed by atoms with Gasteiger partial charge in [0.25, 0.3) is 0 Å². The van der Waals surface area contributed by atoms with Crippen LogP contribution in [0.15, 0.2) is 29.4 Å². The number of sulfone groups is 1. The summed E-state index contributed by atoms with van der Waals surface area (Å²) in [5.74, 6) is -0.331. The quantitative estimate of drug-likeness (QED) is 0.626. The molecule has 1 saturated heterocycles. The summed E-state index contributed by atoms with van der Waals surface area (Å²) in [4.78, 5) is 11.7. The molecule has 1 aliphatic rings. The van der Waals surface area contributed by atoms with Gasteiger partial charge in [-0.15, -0.1) is 0 Å². The number of nitrogens with one attached hydrogen (secondary N) is 1. The predicted molar refractivity (Wildman–Crippen MR) is 80.2 cm³/mol. The van der Waals surface area contributed by atoms with Crippen molar-refractivity contribution in [1.82, 2.24) is 5.43 Å². The highest BCUT2D eigenvalue weighted by atomic mass is 32.2. The van der Waals surface area contributed by atoms with Gasteiger partial charge in [0.05, 0.1) is 17.7 Å². The van der Waals surface area contributed by atoms with Crippen LogP contribution >= 0.6 is 0 Å². The minimum Gasteiger partial charge on any atom is -0.435 e. The number of alkyl halides is 2. The molecule has 1 heterocycles. The van der Waals surface area contributed by atoms with Crippen LogP contribution in [0, 0.1) is 5.92 Å². The number of hydrogen-bond donors (Lipinski definition) is 1. The van der Waals surface area contributed by atoms with Crippen LogP contribution in [0.25, 0.3) is 0 Å². The van der Waals surface area contributed by atoms with E-state index >= 15 is 0 Å². The molecule has 0 unspecified atom stereocenters. The van der Waals surface area contributed by atoms with Gasteiger partial charge >= 0.3 is 6.61 Å². The maximum absolute atomic E-state index is 12.0. The Morgan fingerprint density at radius 1 is 1.39 bits per heavy atom. The fourth-order valence-electron chi connectivity index (χ4n) is 2.25. The van der Waals surface area contributed by atoms with Crippen LogP contribution in [0.4, 0.5) is 8.78 Å². The first-order valence-electron chi connectivity index (χ1n) is 6.91. The van der Waals surface area contributed by atoms with E-state index in [0.717, 1.165) is 0 Å². The number of nitrogens with zero attached hydrogens (tertiary/aromatic N) is 1. The molecule has 1 amide bonds. The van der Waals surface area contributed by atoms with Crippen LogP contribution in [-0.2, 0) is 14.6 Å². The second-order valence-electron chi connectivity index (χ2n) is 5.21. The van der Waals surface area contributed by atoms with Crippen molar-refractivity contribution in [2.45, 2.75) is 19.5 Å². The van der Waals surface area contributed by atoms with Gasteiger partial charge in [-0.1, -0.05) is 0 Å². The molecule has 0 bridgehead atoms. The Balaban J connectivity index is 1.78. The monoisotopic (exact) mass is 346 g/mol. The lowest BCUT2D eigenvalue weighted by Gasteiger charge is -2.05. The average molecular weight is 346 g/mol. The Labute approximate surface area is 132 Å². The summed E-state index contributed by atoms with van der Waals surface area (Å²) in [7, 11) is -3.00. The van der Waals surface area contributed by atoms with E-state index in [-0.39, 0.29) is 35.5 Å². The molecule has 6 nitrogen and oxygen atoms in total. The molecule has 1 fully saturated rings. The zero-order chi connectivity index (χ0) is 16.9. The lowest BCUT2D eigenvalue weighted by Crippen LogP contribution is -2.21. The zero-order valence-corrected chi connectivity index (χ0v) is 12.9. The predicted octanol–water partition coefficient (Wildman–Crippen LogP) is 1.56. The molecule has 0 saturated carbocycles. The molecule has 126 valence electrons. The second kappa shape index (κ2) is 7.49. The summed E-state index contributed by atoms with van der Waals surface area (Å²) >= 11 is 0. The molecule has 1 aliphatic heterocycles. The first kappa shape index (κ1) is 17.3. The van der Waals surface area contributed by atoms with Gasteiger partial charge in [-0.05, 0) is 42.2 Å². The summed E-state index contributed by atoms with van der Waals surface area (Å²) in [5.41, 5.74) is 2.91. The minimum absolute atomic E-state index is 0.0311. The van der Waals surface area contributed by atoms with Crippen LogP contribution < -0.4 is 10.2 Å². The Hall–Kier alpha value is -2.03. The van der Waals surface area contributed by atoms with Gasteiger partial charge in [0, 0.05) is 6.42 Å². The lowest BCUT2D eigenvalue weighted by molar-refractivity contribution is -0.121. The molecule has 0 radical (unpaired) electrons. The van der Waals surface area contributed by atoms with Crippen molar-refractivity contribution in [2.75, 3.05) is 11.5 Å². The van der Waals surface area contributed by atoms with E-state index < -0.39 is 16.4 Å². The fraction of sp³-hybridized carbons (Fsp3) is 0.429. The highest BCUT2D eigenvalue weighted by Crippen LogP contribution is 2.21. The van der Waals surface area contributed by atoms with Gasteiger partial charge in [-0.25, -0.2) is 13.8 Å². The fourth-order valence-corrected chi connectivity index (χ4v) is 4.12. The minimum atomic E-state index is -3.00. The number of ether oxygens (including phenoxy) is 1. The van der Waals surface area contributed by atoms with Gasteiger partial charge in [-0.3, -0.25) is 4.79 Å². The number of carbonyl (C=O) groups is 1. The summed E-state index contributed by atoms with van der Waals surface area (Å²) in [5, 5.41) is 3.75. The van der Waals surface area contributed by atoms with Crippen molar-refractivity contribution in [3.05, 3.63) is 29.8 Å². The zero-order valence-electron chi connectivity index (χ0n) is 12.1. The van der Waals surface area contributed by atoms with Crippen molar-refractivity contribution in [3.8, 4) is 5.75 Å². The third-order valence-corrected chi connectivity index (χ3v) is 5.15. The van der Waals surface area contributed by atoms with Gasteiger partial charge in [0.15, 0.2) is 9.84 Å². The van der Waals surface area contributed by atoms with Crippen molar-refractivity contribution in [1.29, 1.82) is 0 Å². The van der Waals surface area contributed by atoms with Gasteiger partial charge < -0.3 is 4.74 Å². The highest BCUT2D eigenvalue weighted by molar-refractivity contribution is 7.91. The maximum atomic E-state index is 12.0. The van der Waals surface area contributed by atoms with Crippen LogP contribution in [-0.4, -0.2) is 38.7 Å². The molecule has 1 aromatic carbocycles. The number of rotatable bonds is 6. The van der Waals surface area contributed by atoms with Crippen molar-refractivity contribution < 1.29 is 26.7 Å². The summed E-state index contributed by atoms with van der Waals surface area (Å²) < 4.78 is 50.8. The molecule has 9 heteroatoms. The SMILES string of the molecule is O=C(C[C@@H]1CCS(=O)(=O)C1)N/N=C\c1ccc(OC(F)F)cc1. The van der Waals surface area contributed by atoms with E-state index in [0.29, 0.717) is 12.0 Å². The van der Waals surface area contributed by atoms with Gasteiger partial charge in [-0.2, -0.15) is 13.9 Å². The molecule has 0 spiro atoms. The van der Waals surface area contributed by atoms with Crippen LogP contribution in [0.3, 0.4) is 0 Å². The maximum Gasteiger partial charge on any atom is 0.387 e. The molecular weight excluding hydrogens is 330 g/mol. The molecule has 1 aromatic rings. The second-order valence-corrected chi connectivity index (χ2v) is 7.44. The summed E-state index contributed by atoms with van der Waals surface area (Å²) in [6.07, 6.45) is 1.96. The third-order valence-electron chi connectivity index (χ3n) is 3.31. The molecule has 1 atom stereocenters.